The van der Waals surface area contributed by atoms with E-state index >= 15 is 0 Å². The van der Waals surface area contributed by atoms with Gasteiger partial charge in [-0.3, -0.25) is 4.90 Å². The first-order valence-corrected chi connectivity index (χ1v) is 7.25. The Kier molecular flexibility index (Phi) is 4.91. The van der Waals surface area contributed by atoms with Crippen molar-refractivity contribution in [3.63, 3.8) is 0 Å². The lowest BCUT2D eigenvalue weighted by molar-refractivity contribution is -0.155. The van der Waals surface area contributed by atoms with E-state index < -0.39 is 5.54 Å². The summed E-state index contributed by atoms with van der Waals surface area (Å²) in [4.78, 5) is 14.5. The number of carbonyl (C=O) groups is 1. The van der Waals surface area contributed by atoms with E-state index in [0.717, 1.165) is 31.7 Å². The summed E-state index contributed by atoms with van der Waals surface area (Å²) in [5.74, 6) is -0.316. The second kappa shape index (κ2) is 6.31. The van der Waals surface area contributed by atoms with Crippen molar-refractivity contribution < 1.29 is 9.53 Å². The molecule has 0 spiro atoms. The van der Waals surface area contributed by atoms with E-state index in [1.54, 1.807) is 18.2 Å². The topological polar surface area (TPSA) is 41.6 Å². The molecule has 0 aromatic heterocycles. The second-order valence-corrected chi connectivity index (χ2v) is 5.77. The summed E-state index contributed by atoms with van der Waals surface area (Å²) in [5.41, 5.74) is -0.185. The fraction of sp³-hybridized carbons (Fsp3) is 0.500. The predicted molar refractivity (Wildman–Crippen MR) is 80.3 cm³/mol. The van der Waals surface area contributed by atoms with E-state index in [4.69, 9.17) is 27.9 Å². The summed E-state index contributed by atoms with van der Waals surface area (Å²) in [5, 5.41) is 4.29. The van der Waals surface area contributed by atoms with Gasteiger partial charge in [0.2, 0.25) is 0 Å². The van der Waals surface area contributed by atoms with Crippen molar-refractivity contribution in [3.8, 4) is 0 Å². The van der Waals surface area contributed by atoms with E-state index in [-0.39, 0.29) is 5.97 Å². The highest BCUT2D eigenvalue weighted by Crippen LogP contribution is 2.36. The molecule has 2 rings (SSSR count). The Morgan fingerprint density at radius 3 is 2.55 bits per heavy atom. The summed E-state index contributed by atoms with van der Waals surface area (Å²) in [6, 6.07) is 5.19. The van der Waals surface area contributed by atoms with Crippen LogP contribution in [0.5, 0.6) is 0 Å². The lowest BCUT2D eigenvalue weighted by Crippen LogP contribution is -2.57. The van der Waals surface area contributed by atoms with Crippen LogP contribution >= 0.6 is 23.2 Å². The van der Waals surface area contributed by atoms with Crippen LogP contribution in [0.25, 0.3) is 0 Å². The molecule has 1 N–H and O–H groups in total. The van der Waals surface area contributed by atoms with Crippen molar-refractivity contribution >= 4 is 29.2 Å². The normalized spacial score (nSPS) is 19.4. The van der Waals surface area contributed by atoms with Crippen LogP contribution in [-0.2, 0) is 15.1 Å². The smallest absolute Gasteiger partial charge is 0.330 e. The molecule has 0 radical (unpaired) electrons. The van der Waals surface area contributed by atoms with Crippen LogP contribution in [-0.4, -0.2) is 44.2 Å². The van der Waals surface area contributed by atoms with Crippen molar-refractivity contribution in [2.45, 2.75) is 12.5 Å². The SMILES string of the molecule is COC(=O)C(C)(c1ccc(Cl)cc1Cl)N1CCNCC1. The molecule has 0 saturated carbocycles. The van der Waals surface area contributed by atoms with Gasteiger partial charge in [-0.25, -0.2) is 4.79 Å². The molecule has 0 aliphatic carbocycles. The van der Waals surface area contributed by atoms with Crippen molar-refractivity contribution in [1.29, 1.82) is 0 Å². The van der Waals surface area contributed by atoms with Crippen molar-refractivity contribution in [1.82, 2.24) is 10.2 Å². The van der Waals surface area contributed by atoms with Crippen LogP contribution in [0.3, 0.4) is 0 Å². The molecule has 1 aromatic rings. The van der Waals surface area contributed by atoms with E-state index in [9.17, 15) is 4.79 Å². The first kappa shape index (κ1) is 15.6. The van der Waals surface area contributed by atoms with Gasteiger partial charge in [-0.1, -0.05) is 29.3 Å². The Hall–Kier alpha value is -0.810. The Labute approximate surface area is 129 Å². The van der Waals surface area contributed by atoms with Crippen LogP contribution in [0.2, 0.25) is 10.0 Å². The van der Waals surface area contributed by atoms with Crippen LogP contribution in [0.1, 0.15) is 12.5 Å². The highest BCUT2D eigenvalue weighted by Gasteiger charge is 2.44. The van der Waals surface area contributed by atoms with Gasteiger partial charge in [0.25, 0.3) is 0 Å². The minimum atomic E-state index is -0.904. The van der Waals surface area contributed by atoms with Crippen molar-refractivity contribution in [2.24, 2.45) is 0 Å². The second-order valence-electron chi connectivity index (χ2n) is 4.93. The number of methoxy groups -OCH3 is 1. The molecule has 1 aliphatic heterocycles. The zero-order chi connectivity index (χ0) is 14.8. The van der Waals surface area contributed by atoms with E-state index in [2.05, 4.69) is 10.2 Å². The monoisotopic (exact) mass is 316 g/mol. The quantitative estimate of drug-likeness (QED) is 0.869. The van der Waals surface area contributed by atoms with Gasteiger partial charge in [-0.2, -0.15) is 0 Å². The molecule has 1 saturated heterocycles. The highest BCUT2D eigenvalue weighted by molar-refractivity contribution is 6.35. The standard InChI is InChI=1S/C14H18Cl2N2O2/c1-14(13(19)20-2,18-7-5-17-6-8-18)11-4-3-10(15)9-12(11)16/h3-4,9,17H,5-8H2,1-2H3. The molecule has 4 nitrogen and oxygen atoms in total. The third-order valence-electron chi connectivity index (χ3n) is 3.79. The van der Waals surface area contributed by atoms with Gasteiger partial charge in [0.1, 0.15) is 5.54 Å². The zero-order valence-corrected chi connectivity index (χ0v) is 13.1. The van der Waals surface area contributed by atoms with E-state index in [1.807, 2.05) is 6.92 Å². The average Bonchev–Trinajstić information content (AvgIpc) is 2.46. The molecule has 1 aromatic carbocycles. The van der Waals surface area contributed by atoms with E-state index in [0.29, 0.717) is 10.0 Å². The van der Waals surface area contributed by atoms with Gasteiger partial charge >= 0.3 is 5.97 Å². The van der Waals surface area contributed by atoms with Gasteiger partial charge in [0, 0.05) is 41.8 Å². The molecule has 1 heterocycles. The number of rotatable bonds is 3. The largest absolute Gasteiger partial charge is 0.467 e. The van der Waals surface area contributed by atoms with Crippen LogP contribution in [0, 0.1) is 0 Å². The lowest BCUT2D eigenvalue weighted by atomic mass is 9.89. The molecule has 0 amide bonds. The number of halogens is 2. The van der Waals surface area contributed by atoms with Crippen LogP contribution in [0.15, 0.2) is 18.2 Å². The van der Waals surface area contributed by atoms with E-state index in [1.165, 1.54) is 7.11 Å². The average molecular weight is 317 g/mol. The summed E-state index contributed by atoms with van der Waals surface area (Å²) >= 11 is 12.2. The zero-order valence-electron chi connectivity index (χ0n) is 11.6. The maximum absolute atomic E-state index is 12.4. The molecule has 0 bridgehead atoms. The molecule has 20 heavy (non-hydrogen) atoms. The van der Waals surface area contributed by atoms with Crippen molar-refractivity contribution in [2.75, 3.05) is 33.3 Å². The maximum atomic E-state index is 12.4. The molecule has 1 fully saturated rings. The Balaban J connectivity index is 2.47. The molecule has 1 atom stereocenters. The number of hydrogen-bond acceptors (Lipinski definition) is 4. The first-order valence-electron chi connectivity index (χ1n) is 6.50. The number of piperazine rings is 1. The van der Waals surface area contributed by atoms with Crippen LogP contribution in [0.4, 0.5) is 0 Å². The Morgan fingerprint density at radius 2 is 2.00 bits per heavy atom. The minimum absolute atomic E-state index is 0.316. The number of benzene rings is 1. The molecule has 110 valence electrons. The van der Waals surface area contributed by atoms with Gasteiger partial charge in [0.05, 0.1) is 7.11 Å². The van der Waals surface area contributed by atoms with Gasteiger partial charge in [0.15, 0.2) is 0 Å². The molecular formula is C14H18Cl2N2O2. The minimum Gasteiger partial charge on any atom is -0.467 e. The fourth-order valence-corrected chi connectivity index (χ4v) is 3.20. The number of carbonyl (C=O) groups excluding carboxylic acids is 1. The molecule has 6 heteroatoms. The Bertz CT molecular complexity index is 504. The molecular weight excluding hydrogens is 299 g/mol. The number of ether oxygens (including phenoxy) is 1. The maximum Gasteiger partial charge on any atom is 0.330 e. The summed E-state index contributed by atoms with van der Waals surface area (Å²) < 4.78 is 5.02. The Morgan fingerprint density at radius 1 is 1.35 bits per heavy atom. The molecule has 1 unspecified atom stereocenters. The first-order chi connectivity index (χ1) is 9.50. The summed E-state index contributed by atoms with van der Waals surface area (Å²) in [6.45, 7) is 5.02. The summed E-state index contributed by atoms with van der Waals surface area (Å²) in [7, 11) is 1.40. The number of esters is 1. The highest BCUT2D eigenvalue weighted by atomic mass is 35.5. The fourth-order valence-electron chi connectivity index (χ4n) is 2.60. The van der Waals surface area contributed by atoms with Gasteiger partial charge in [-0.15, -0.1) is 0 Å². The molecule has 1 aliphatic rings. The van der Waals surface area contributed by atoms with Gasteiger partial charge in [-0.05, 0) is 19.1 Å². The number of hydrogen-bond donors (Lipinski definition) is 1. The van der Waals surface area contributed by atoms with Crippen LogP contribution < -0.4 is 5.32 Å². The lowest BCUT2D eigenvalue weighted by Gasteiger charge is -2.41. The third-order valence-corrected chi connectivity index (χ3v) is 4.34. The number of nitrogens with one attached hydrogen (secondary N) is 1. The van der Waals surface area contributed by atoms with Gasteiger partial charge < -0.3 is 10.1 Å². The summed E-state index contributed by atoms with van der Waals surface area (Å²) in [6.07, 6.45) is 0. The van der Waals surface area contributed by atoms with Crippen molar-refractivity contribution in [3.05, 3.63) is 33.8 Å². The number of nitrogens with zero attached hydrogens (tertiary/aromatic N) is 1. The predicted octanol–water partition coefficient (Wildman–Crippen LogP) is 2.29. The third kappa shape index (κ3) is 2.79.